The number of aryl methyl sites for hydroxylation is 2. The molecular weight excluding hydrogens is 336 g/mol. The van der Waals surface area contributed by atoms with Gasteiger partial charge in [0.2, 0.25) is 11.8 Å². The Morgan fingerprint density at radius 3 is 2.40 bits per heavy atom. The maximum Gasteiger partial charge on any atom is 0.223 e. The van der Waals surface area contributed by atoms with E-state index < -0.39 is 0 Å². The van der Waals surface area contributed by atoms with Crippen LogP contribution >= 0.6 is 11.6 Å². The number of hydrogen-bond donors (Lipinski definition) is 1. The molecule has 25 heavy (non-hydrogen) atoms. The van der Waals surface area contributed by atoms with Crippen LogP contribution in [0.2, 0.25) is 5.02 Å². The zero-order valence-corrected chi connectivity index (χ0v) is 15.6. The van der Waals surface area contributed by atoms with E-state index in [0.717, 1.165) is 16.7 Å². The largest absolute Gasteiger partial charge is 0.352 e. The number of carbonyl (C=O) groups is 2. The topological polar surface area (TPSA) is 49.4 Å². The van der Waals surface area contributed by atoms with Gasteiger partial charge in [-0.3, -0.25) is 9.59 Å². The highest BCUT2D eigenvalue weighted by Gasteiger charge is 2.18. The number of nitrogens with one attached hydrogen (secondary N) is 1. The van der Waals surface area contributed by atoms with E-state index in [0.29, 0.717) is 23.8 Å². The van der Waals surface area contributed by atoms with Crippen LogP contribution in [0.1, 0.15) is 30.0 Å². The van der Waals surface area contributed by atoms with Crippen LogP contribution in [0.4, 0.5) is 5.69 Å². The highest BCUT2D eigenvalue weighted by Crippen LogP contribution is 2.31. The van der Waals surface area contributed by atoms with Gasteiger partial charge in [0.25, 0.3) is 0 Å². The molecule has 1 N–H and O–H groups in total. The monoisotopic (exact) mass is 358 g/mol. The Morgan fingerprint density at radius 1 is 1.12 bits per heavy atom. The van der Waals surface area contributed by atoms with Crippen molar-refractivity contribution < 1.29 is 9.59 Å². The Hall–Kier alpha value is -2.33. The van der Waals surface area contributed by atoms with Gasteiger partial charge >= 0.3 is 0 Å². The molecule has 2 rings (SSSR count). The molecule has 0 spiro atoms. The summed E-state index contributed by atoms with van der Waals surface area (Å²) in [7, 11) is 0. The van der Waals surface area contributed by atoms with Crippen LogP contribution in [0.5, 0.6) is 0 Å². The van der Waals surface area contributed by atoms with Crippen LogP contribution in [0.25, 0.3) is 0 Å². The average molecular weight is 359 g/mol. The molecule has 5 heteroatoms. The zero-order valence-electron chi connectivity index (χ0n) is 14.8. The summed E-state index contributed by atoms with van der Waals surface area (Å²) in [6, 6.07) is 13.5. The third kappa shape index (κ3) is 5.33. The minimum atomic E-state index is -0.135. The maximum atomic E-state index is 12.1. The van der Waals surface area contributed by atoms with E-state index in [2.05, 4.69) is 5.32 Å². The lowest BCUT2D eigenvalue weighted by molar-refractivity contribution is -0.121. The number of benzene rings is 2. The second kappa shape index (κ2) is 8.67. The molecule has 0 aliphatic rings. The summed E-state index contributed by atoms with van der Waals surface area (Å²) < 4.78 is 0. The molecule has 132 valence electrons. The Balaban J connectivity index is 2.01. The summed E-state index contributed by atoms with van der Waals surface area (Å²) in [5.41, 5.74) is 3.67. The van der Waals surface area contributed by atoms with Gasteiger partial charge in [0.15, 0.2) is 0 Å². The van der Waals surface area contributed by atoms with Gasteiger partial charge in [-0.05, 0) is 36.6 Å². The minimum Gasteiger partial charge on any atom is -0.352 e. The first-order valence-electron chi connectivity index (χ1n) is 8.24. The Bertz CT molecular complexity index is 737. The fraction of sp³-hybridized carbons (Fsp3) is 0.300. The normalized spacial score (nSPS) is 10.4. The number of halogens is 1. The highest BCUT2D eigenvalue weighted by molar-refractivity contribution is 6.34. The molecule has 0 aliphatic heterocycles. The molecule has 2 aromatic carbocycles. The van der Waals surface area contributed by atoms with Crippen molar-refractivity contribution in [2.75, 3.05) is 11.4 Å². The van der Waals surface area contributed by atoms with Gasteiger partial charge in [0.1, 0.15) is 0 Å². The van der Waals surface area contributed by atoms with E-state index in [-0.39, 0.29) is 18.2 Å². The van der Waals surface area contributed by atoms with Crippen molar-refractivity contribution in [1.29, 1.82) is 0 Å². The second-order valence-electron chi connectivity index (χ2n) is 6.10. The Kier molecular flexibility index (Phi) is 6.59. The molecule has 0 bridgehead atoms. The quantitative estimate of drug-likeness (QED) is 0.848. The molecule has 0 aliphatic carbocycles. The predicted octanol–water partition coefficient (Wildman–Crippen LogP) is 4.02. The molecule has 0 saturated carbocycles. The molecule has 0 radical (unpaired) electrons. The fourth-order valence-corrected chi connectivity index (χ4v) is 3.20. The molecule has 0 heterocycles. The predicted molar refractivity (Wildman–Crippen MR) is 102 cm³/mol. The van der Waals surface area contributed by atoms with Crippen LogP contribution in [-0.2, 0) is 16.1 Å². The first kappa shape index (κ1) is 19.0. The number of nitrogens with zero attached hydrogens (tertiary/aromatic N) is 1. The number of amides is 2. The molecule has 2 aromatic rings. The maximum absolute atomic E-state index is 12.1. The van der Waals surface area contributed by atoms with Crippen molar-refractivity contribution in [3.8, 4) is 0 Å². The average Bonchev–Trinajstić information content (AvgIpc) is 2.55. The van der Waals surface area contributed by atoms with E-state index in [1.54, 1.807) is 4.90 Å². The van der Waals surface area contributed by atoms with Crippen LogP contribution in [-0.4, -0.2) is 18.4 Å². The van der Waals surface area contributed by atoms with Gasteiger partial charge in [0, 0.05) is 26.4 Å². The molecule has 0 atom stereocenters. The fourth-order valence-electron chi connectivity index (χ4n) is 2.77. The van der Waals surface area contributed by atoms with Crippen LogP contribution in [0, 0.1) is 13.8 Å². The summed E-state index contributed by atoms with van der Waals surface area (Å²) in [6.45, 7) is 6.12. The van der Waals surface area contributed by atoms with E-state index in [9.17, 15) is 9.59 Å². The Labute approximate surface area is 153 Å². The van der Waals surface area contributed by atoms with Crippen molar-refractivity contribution in [3.63, 3.8) is 0 Å². The zero-order chi connectivity index (χ0) is 18.4. The molecule has 2 amide bonds. The number of carbonyl (C=O) groups excluding carboxylic acids is 2. The van der Waals surface area contributed by atoms with Crippen molar-refractivity contribution in [2.24, 2.45) is 0 Å². The summed E-state index contributed by atoms with van der Waals surface area (Å²) >= 11 is 6.34. The number of anilines is 1. The van der Waals surface area contributed by atoms with E-state index in [4.69, 9.17) is 11.6 Å². The smallest absolute Gasteiger partial charge is 0.223 e. The molecular formula is C20H23ClN2O2. The van der Waals surface area contributed by atoms with Gasteiger partial charge < -0.3 is 10.2 Å². The van der Waals surface area contributed by atoms with E-state index >= 15 is 0 Å². The first-order chi connectivity index (χ1) is 11.9. The van der Waals surface area contributed by atoms with Gasteiger partial charge in [-0.25, -0.2) is 0 Å². The van der Waals surface area contributed by atoms with Crippen LogP contribution in [0.3, 0.4) is 0 Å². The molecule has 0 unspecified atom stereocenters. The summed E-state index contributed by atoms with van der Waals surface area (Å²) in [5.74, 6) is -0.235. The summed E-state index contributed by atoms with van der Waals surface area (Å²) in [6.07, 6.45) is 0.218. The standard InChI is InChI=1S/C20H23ClN2O2/c1-14-11-15(2)20(18(21)12-14)23(16(3)24)10-9-19(25)22-13-17-7-5-4-6-8-17/h4-8,11-12H,9-10,13H2,1-3H3,(H,22,25). The van der Waals surface area contributed by atoms with Gasteiger partial charge in [-0.1, -0.05) is 48.0 Å². The van der Waals surface area contributed by atoms with Gasteiger partial charge in [-0.15, -0.1) is 0 Å². The van der Waals surface area contributed by atoms with Crippen molar-refractivity contribution >= 4 is 29.1 Å². The third-order valence-corrected chi connectivity index (χ3v) is 4.23. The van der Waals surface area contributed by atoms with E-state index in [1.165, 1.54) is 6.92 Å². The molecule has 0 fully saturated rings. The third-order valence-electron chi connectivity index (χ3n) is 3.94. The van der Waals surface area contributed by atoms with Crippen molar-refractivity contribution in [2.45, 2.75) is 33.7 Å². The molecule has 0 aromatic heterocycles. The lowest BCUT2D eigenvalue weighted by Gasteiger charge is -2.24. The number of hydrogen-bond acceptors (Lipinski definition) is 2. The first-order valence-corrected chi connectivity index (χ1v) is 8.61. The van der Waals surface area contributed by atoms with Crippen LogP contribution < -0.4 is 10.2 Å². The van der Waals surface area contributed by atoms with Gasteiger partial charge in [0.05, 0.1) is 10.7 Å². The lowest BCUT2D eigenvalue weighted by Crippen LogP contribution is -2.34. The van der Waals surface area contributed by atoms with E-state index in [1.807, 2.05) is 56.3 Å². The van der Waals surface area contributed by atoms with Crippen LogP contribution in [0.15, 0.2) is 42.5 Å². The molecule has 4 nitrogen and oxygen atoms in total. The Morgan fingerprint density at radius 2 is 1.80 bits per heavy atom. The van der Waals surface area contributed by atoms with Crippen molar-refractivity contribution in [1.82, 2.24) is 5.32 Å². The SMILES string of the molecule is CC(=O)N(CCC(=O)NCc1ccccc1)c1c(C)cc(C)cc1Cl. The highest BCUT2D eigenvalue weighted by atomic mass is 35.5. The lowest BCUT2D eigenvalue weighted by atomic mass is 10.1. The molecule has 0 saturated heterocycles. The number of rotatable bonds is 6. The minimum absolute atomic E-state index is 0.101. The summed E-state index contributed by atoms with van der Waals surface area (Å²) in [4.78, 5) is 25.7. The summed E-state index contributed by atoms with van der Waals surface area (Å²) in [5, 5.41) is 3.40. The second-order valence-corrected chi connectivity index (χ2v) is 6.50. The van der Waals surface area contributed by atoms with Crippen molar-refractivity contribution in [3.05, 3.63) is 64.2 Å². The van der Waals surface area contributed by atoms with Gasteiger partial charge in [-0.2, -0.15) is 0 Å².